The van der Waals surface area contributed by atoms with E-state index < -0.39 is 0 Å². The van der Waals surface area contributed by atoms with E-state index in [1.54, 1.807) is 0 Å². The highest BCUT2D eigenvalue weighted by atomic mass is 19.1. The predicted octanol–water partition coefficient (Wildman–Crippen LogP) is 3.35. The summed E-state index contributed by atoms with van der Waals surface area (Å²) in [5.41, 5.74) is 3.45. The minimum absolute atomic E-state index is 0.193. The summed E-state index contributed by atoms with van der Waals surface area (Å²) < 4.78 is 18.6. The molecule has 3 nitrogen and oxygen atoms in total. The number of benzene rings is 2. The molecule has 22 heavy (non-hydrogen) atoms. The number of rotatable bonds is 5. The molecule has 2 aromatic rings. The maximum atomic E-state index is 12.8. The first-order valence-electron chi connectivity index (χ1n) is 7.69. The van der Waals surface area contributed by atoms with E-state index in [9.17, 15) is 4.39 Å². The van der Waals surface area contributed by atoms with Crippen molar-refractivity contribution in [1.82, 2.24) is 5.32 Å². The Labute approximate surface area is 130 Å². The second-order valence-electron chi connectivity index (χ2n) is 5.69. The highest BCUT2D eigenvalue weighted by Crippen LogP contribution is 2.29. The molecule has 0 aliphatic carbocycles. The van der Waals surface area contributed by atoms with Crippen LogP contribution in [0, 0.1) is 5.82 Å². The van der Waals surface area contributed by atoms with E-state index in [1.807, 2.05) is 18.2 Å². The van der Waals surface area contributed by atoms with Crippen molar-refractivity contribution in [2.75, 3.05) is 18.4 Å². The Hall–Kier alpha value is -2.07. The first-order valence-corrected chi connectivity index (χ1v) is 7.69. The van der Waals surface area contributed by atoms with E-state index in [0.29, 0.717) is 0 Å². The van der Waals surface area contributed by atoms with Gasteiger partial charge in [0.2, 0.25) is 0 Å². The Balaban J connectivity index is 1.48. The quantitative estimate of drug-likeness (QED) is 0.831. The van der Waals surface area contributed by atoms with Gasteiger partial charge in [0.25, 0.3) is 0 Å². The molecule has 0 amide bonds. The van der Waals surface area contributed by atoms with E-state index in [4.69, 9.17) is 4.74 Å². The number of nitrogens with one attached hydrogen (secondary N) is 2. The molecule has 0 radical (unpaired) electrons. The van der Waals surface area contributed by atoms with Crippen LogP contribution >= 0.6 is 0 Å². The van der Waals surface area contributed by atoms with Gasteiger partial charge in [0.1, 0.15) is 17.7 Å². The fourth-order valence-electron chi connectivity index (χ4n) is 2.55. The van der Waals surface area contributed by atoms with Crippen molar-refractivity contribution in [3.63, 3.8) is 0 Å². The van der Waals surface area contributed by atoms with E-state index >= 15 is 0 Å². The summed E-state index contributed by atoms with van der Waals surface area (Å²) >= 11 is 0. The molecule has 0 saturated heterocycles. The molecule has 0 spiro atoms. The van der Waals surface area contributed by atoms with Gasteiger partial charge in [-0.15, -0.1) is 0 Å². The molecule has 116 valence electrons. The van der Waals surface area contributed by atoms with Crippen LogP contribution in [0.3, 0.4) is 0 Å². The number of hydrogen-bond acceptors (Lipinski definition) is 3. The van der Waals surface area contributed by atoms with Crippen LogP contribution < -0.4 is 15.4 Å². The third kappa shape index (κ3) is 3.77. The molecule has 2 aromatic carbocycles. The summed E-state index contributed by atoms with van der Waals surface area (Å²) in [6.07, 6.45) is 1.17. The van der Waals surface area contributed by atoms with Gasteiger partial charge in [-0.25, -0.2) is 4.39 Å². The van der Waals surface area contributed by atoms with Crippen LogP contribution in [0.5, 0.6) is 5.75 Å². The molecular formula is C18H21FN2O. The first kappa shape index (κ1) is 14.9. The molecule has 0 fully saturated rings. The van der Waals surface area contributed by atoms with Crippen molar-refractivity contribution in [3.8, 4) is 5.75 Å². The van der Waals surface area contributed by atoms with Gasteiger partial charge in [-0.1, -0.05) is 18.2 Å². The second-order valence-corrected chi connectivity index (χ2v) is 5.69. The lowest BCUT2D eigenvalue weighted by atomic mass is 10.1. The van der Waals surface area contributed by atoms with Crippen LogP contribution in [-0.4, -0.2) is 19.2 Å². The average Bonchev–Trinajstić information content (AvgIpc) is 2.53. The molecule has 0 aromatic heterocycles. The number of fused-ring (bicyclic) bond motifs is 1. The van der Waals surface area contributed by atoms with Gasteiger partial charge in [0, 0.05) is 6.54 Å². The highest BCUT2D eigenvalue weighted by Gasteiger charge is 2.15. The van der Waals surface area contributed by atoms with Crippen molar-refractivity contribution in [3.05, 3.63) is 59.4 Å². The van der Waals surface area contributed by atoms with Crippen LogP contribution in [-0.2, 0) is 13.0 Å². The Bertz CT molecular complexity index is 627. The number of halogens is 1. The monoisotopic (exact) mass is 300 g/mol. The van der Waals surface area contributed by atoms with Gasteiger partial charge in [-0.05, 0) is 55.3 Å². The highest BCUT2D eigenvalue weighted by molar-refractivity contribution is 5.59. The second kappa shape index (κ2) is 6.79. The normalized spacial score (nSPS) is 16.5. The summed E-state index contributed by atoms with van der Waals surface area (Å²) in [4.78, 5) is 0. The largest absolute Gasteiger partial charge is 0.487 e. The fraction of sp³-hybridized carbons (Fsp3) is 0.333. The van der Waals surface area contributed by atoms with Gasteiger partial charge in [0.15, 0.2) is 0 Å². The number of hydrogen-bond donors (Lipinski definition) is 2. The molecule has 0 saturated carbocycles. The van der Waals surface area contributed by atoms with Crippen molar-refractivity contribution < 1.29 is 9.13 Å². The minimum atomic E-state index is -0.193. The van der Waals surface area contributed by atoms with Crippen LogP contribution in [0.2, 0.25) is 0 Å². The van der Waals surface area contributed by atoms with Crippen LogP contribution in [0.25, 0.3) is 0 Å². The van der Waals surface area contributed by atoms with Crippen molar-refractivity contribution in [1.29, 1.82) is 0 Å². The van der Waals surface area contributed by atoms with Gasteiger partial charge >= 0.3 is 0 Å². The zero-order valence-corrected chi connectivity index (χ0v) is 12.7. The number of ether oxygens (including phenoxy) is 1. The minimum Gasteiger partial charge on any atom is -0.487 e. The molecule has 1 atom stereocenters. The summed E-state index contributed by atoms with van der Waals surface area (Å²) in [5.74, 6) is 0.739. The molecular weight excluding hydrogens is 279 g/mol. The lowest BCUT2D eigenvalue weighted by Gasteiger charge is -2.25. The maximum Gasteiger partial charge on any atom is 0.142 e. The third-order valence-corrected chi connectivity index (χ3v) is 3.78. The van der Waals surface area contributed by atoms with E-state index in [-0.39, 0.29) is 11.9 Å². The van der Waals surface area contributed by atoms with Gasteiger partial charge in [-0.2, -0.15) is 0 Å². The van der Waals surface area contributed by atoms with Gasteiger partial charge in [-0.3, -0.25) is 0 Å². The SMILES string of the molecule is CC1CNc2cc(CCNCc3ccc(F)cc3)ccc2O1. The van der Waals surface area contributed by atoms with Crippen molar-refractivity contribution in [2.24, 2.45) is 0 Å². The summed E-state index contributed by atoms with van der Waals surface area (Å²) in [7, 11) is 0. The van der Waals surface area contributed by atoms with Gasteiger partial charge in [0.05, 0.1) is 12.2 Å². The molecule has 1 aliphatic rings. The Morgan fingerprint density at radius 3 is 2.77 bits per heavy atom. The maximum absolute atomic E-state index is 12.8. The molecule has 1 unspecified atom stereocenters. The molecule has 0 bridgehead atoms. The average molecular weight is 300 g/mol. The lowest BCUT2D eigenvalue weighted by Crippen LogP contribution is -2.27. The summed E-state index contributed by atoms with van der Waals surface area (Å²) in [6.45, 7) is 4.54. The van der Waals surface area contributed by atoms with E-state index in [1.165, 1.54) is 17.7 Å². The molecule has 4 heteroatoms. The zero-order chi connectivity index (χ0) is 15.4. The summed E-state index contributed by atoms with van der Waals surface area (Å²) in [5, 5.41) is 6.78. The van der Waals surface area contributed by atoms with Crippen LogP contribution in [0.15, 0.2) is 42.5 Å². The standard InChI is InChI=1S/C18H21FN2O/c1-13-11-21-17-10-14(4-7-18(17)22-13)8-9-20-12-15-2-5-16(19)6-3-15/h2-7,10,13,20-21H,8-9,11-12H2,1H3. The lowest BCUT2D eigenvalue weighted by molar-refractivity contribution is 0.226. The summed E-state index contributed by atoms with van der Waals surface area (Å²) in [6, 6.07) is 12.9. The van der Waals surface area contributed by atoms with Crippen LogP contribution in [0.1, 0.15) is 18.1 Å². The smallest absolute Gasteiger partial charge is 0.142 e. The Kier molecular flexibility index (Phi) is 4.59. The van der Waals surface area contributed by atoms with Crippen molar-refractivity contribution in [2.45, 2.75) is 26.0 Å². The fourth-order valence-corrected chi connectivity index (χ4v) is 2.55. The van der Waals surface area contributed by atoms with Crippen molar-refractivity contribution >= 4 is 5.69 Å². The predicted molar refractivity (Wildman–Crippen MR) is 86.8 cm³/mol. The third-order valence-electron chi connectivity index (χ3n) is 3.78. The molecule has 2 N–H and O–H groups in total. The molecule has 3 rings (SSSR count). The Morgan fingerprint density at radius 1 is 1.18 bits per heavy atom. The topological polar surface area (TPSA) is 33.3 Å². The zero-order valence-electron chi connectivity index (χ0n) is 12.7. The first-order chi connectivity index (χ1) is 10.7. The molecule has 1 heterocycles. The Morgan fingerprint density at radius 2 is 1.95 bits per heavy atom. The van der Waals surface area contributed by atoms with Gasteiger partial charge < -0.3 is 15.4 Å². The van der Waals surface area contributed by atoms with Crippen LogP contribution in [0.4, 0.5) is 10.1 Å². The van der Waals surface area contributed by atoms with E-state index in [0.717, 1.165) is 43.1 Å². The number of anilines is 1. The molecule has 1 aliphatic heterocycles. The van der Waals surface area contributed by atoms with E-state index in [2.05, 4.69) is 29.7 Å².